The lowest BCUT2D eigenvalue weighted by atomic mass is 10.1. The number of amides is 1. The zero-order chi connectivity index (χ0) is 20.6. The molecule has 0 N–H and O–H groups in total. The first-order valence-corrected chi connectivity index (χ1v) is 10.4. The molecular formula is C22H23NO4S2. The van der Waals surface area contributed by atoms with Crippen molar-refractivity contribution in [1.29, 1.82) is 0 Å². The van der Waals surface area contributed by atoms with Gasteiger partial charge in [-0.3, -0.25) is 9.69 Å². The fraction of sp³-hybridized carbons (Fsp3) is 0.273. The summed E-state index contributed by atoms with van der Waals surface area (Å²) in [5, 5.41) is 0. The van der Waals surface area contributed by atoms with Gasteiger partial charge in [0.2, 0.25) is 0 Å². The van der Waals surface area contributed by atoms with Crippen LogP contribution in [0.15, 0.2) is 53.4 Å². The van der Waals surface area contributed by atoms with Crippen molar-refractivity contribution in [2.45, 2.75) is 13.0 Å². The van der Waals surface area contributed by atoms with Gasteiger partial charge in [0.15, 0.2) is 11.5 Å². The molecule has 1 aliphatic rings. The van der Waals surface area contributed by atoms with Crippen LogP contribution in [0.25, 0.3) is 6.08 Å². The minimum atomic E-state index is -0.0699. The molecule has 0 unspecified atom stereocenters. The van der Waals surface area contributed by atoms with E-state index in [2.05, 4.69) is 0 Å². The minimum absolute atomic E-state index is 0.0699. The van der Waals surface area contributed by atoms with Crippen LogP contribution in [0.5, 0.6) is 11.5 Å². The Morgan fingerprint density at radius 2 is 1.90 bits per heavy atom. The molecule has 1 heterocycles. The third-order valence-corrected chi connectivity index (χ3v) is 5.70. The second kappa shape index (κ2) is 10.4. The first kappa shape index (κ1) is 21.4. The fourth-order valence-electron chi connectivity index (χ4n) is 2.84. The van der Waals surface area contributed by atoms with Gasteiger partial charge in [-0.1, -0.05) is 60.4 Å². The maximum absolute atomic E-state index is 12.6. The molecule has 2 aromatic rings. The molecule has 0 spiro atoms. The van der Waals surface area contributed by atoms with E-state index < -0.39 is 0 Å². The topological polar surface area (TPSA) is 48.0 Å². The molecule has 1 aliphatic heterocycles. The molecule has 0 bridgehead atoms. The zero-order valence-corrected chi connectivity index (χ0v) is 18.1. The summed E-state index contributed by atoms with van der Waals surface area (Å²) < 4.78 is 17.0. The lowest BCUT2D eigenvalue weighted by Gasteiger charge is -2.13. The van der Waals surface area contributed by atoms with E-state index in [1.165, 1.54) is 11.8 Å². The number of thioether (sulfide) groups is 1. The highest BCUT2D eigenvalue weighted by Gasteiger charge is 2.31. The minimum Gasteiger partial charge on any atom is -0.493 e. The number of thiocarbonyl (C=S) groups is 1. The summed E-state index contributed by atoms with van der Waals surface area (Å²) >= 11 is 6.67. The van der Waals surface area contributed by atoms with Gasteiger partial charge in [0.1, 0.15) is 10.9 Å². The Morgan fingerprint density at radius 3 is 2.62 bits per heavy atom. The number of carbonyl (C=O) groups is 1. The summed E-state index contributed by atoms with van der Waals surface area (Å²) in [6, 6.07) is 15.6. The molecule has 3 rings (SSSR count). The van der Waals surface area contributed by atoms with Crippen molar-refractivity contribution in [3.05, 3.63) is 64.6 Å². The van der Waals surface area contributed by atoms with E-state index in [1.807, 2.05) is 54.6 Å². The smallest absolute Gasteiger partial charge is 0.266 e. The second-order valence-corrected chi connectivity index (χ2v) is 8.04. The maximum atomic E-state index is 12.6. The lowest BCUT2D eigenvalue weighted by Crippen LogP contribution is -2.29. The summed E-state index contributed by atoms with van der Waals surface area (Å²) in [7, 11) is 3.24. The van der Waals surface area contributed by atoms with Crippen molar-refractivity contribution >= 4 is 40.3 Å². The molecule has 29 heavy (non-hydrogen) atoms. The molecule has 1 fully saturated rings. The van der Waals surface area contributed by atoms with E-state index in [-0.39, 0.29) is 5.91 Å². The highest BCUT2D eigenvalue weighted by molar-refractivity contribution is 8.26. The third kappa shape index (κ3) is 5.59. The molecule has 152 valence electrons. The number of methoxy groups -OCH3 is 2. The molecule has 5 nitrogen and oxygen atoms in total. The Morgan fingerprint density at radius 1 is 1.10 bits per heavy atom. The first-order valence-electron chi connectivity index (χ1n) is 9.21. The van der Waals surface area contributed by atoms with E-state index in [9.17, 15) is 4.79 Å². The monoisotopic (exact) mass is 429 g/mol. The van der Waals surface area contributed by atoms with E-state index in [4.69, 9.17) is 26.4 Å². The van der Waals surface area contributed by atoms with Gasteiger partial charge < -0.3 is 14.2 Å². The van der Waals surface area contributed by atoms with Gasteiger partial charge in [0, 0.05) is 20.3 Å². The number of benzene rings is 2. The SMILES string of the molecule is COCCCN1C(=O)/C(=C/c2ccc(OCc3ccccc3)c(OC)c2)SC1=S. The van der Waals surface area contributed by atoms with Gasteiger partial charge in [-0.2, -0.15) is 0 Å². The zero-order valence-electron chi connectivity index (χ0n) is 16.4. The molecule has 1 saturated heterocycles. The first-order chi connectivity index (χ1) is 14.1. The summed E-state index contributed by atoms with van der Waals surface area (Å²) in [6.07, 6.45) is 2.58. The number of nitrogens with zero attached hydrogens (tertiary/aromatic N) is 1. The molecule has 0 aliphatic carbocycles. The highest BCUT2D eigenvalue weighted by Crippen LogP contribution is 2.35. The third-order valence-electron chi connectivity index (χ3n) is 4.33. The van der Waals surface area contributed by atoms with Crippen LogP contribution in [0.3, 0.4) is 0 Å². The van der Waals surface area contributed by atoms with Crippen molar-refractivity contribution in [3.8, 4) is 11.5 Å². The summed E-state index contributed by atoms with van der Waals surface area (Å²) in [4.78, 5) is 14.9. The van der Waals surface area contributed by atoms with Crippen molar-refractivity contribution in [3.63, 3.8) is 0 Å². The molecule has 2 aromatic carbocycles. The standard InChI is InChI=1S/C22H23NO4S2/c1-25-12-6-11-23-21(24)20(29-22(23)28)14-17-9-10-18(19(13-17)26-2)27-15-16-7-4-3-5-8-16/h3-5,7-10,13-14H,6,11-12,15H2,1-2H3/b20-14-. The number of hydrogen-bond donors (Lipinski definition) is 0. The maximum Gasteiger partial charge on any atom is 0.266 e. The van der Waals surface area contributed by atoms with Crippen molar-refractivity contribution < 1.29 is 19.0 Å². The van der Waals surface area contributed by atoms with Gasteiger partial charge in [-0.25, -0.2) is 0 Å². The average Bonchev–Trinajstić information content (AvgIpc) is 3.01. The number of ether oxygens (including phenoxy) is 3. The summed E-state index contributed by atoms with van der Waals surface area (Å²) in [6.45, 7) is 1.61. The summed E-state index contributed by atoms with van der Waals surface area (Å²) in [5.74, 6) is 1.20. The van der Waals surface area contributed by atoms with Crippen LogP contribution in [0.1, 0.15) is 17.5 Å². The summed E-state index contributed by atoms with van der Waals surface area (Å²) in [5.41, 5.74) is 1.93. The normalized spacial score (nSPS) is 15.2. The van der Waals surface area contributed by atoms with Gasteiger partial charge in [-0.05, 0) is 35.8 Å². The van der Waals surface area contributed by atoms with Crippen LogP contribution in [0, 0.1) is 0 Å². The number of carbonyl (C=O) groups excluding carboxylic acids is 1. The highest BCUT2D eigenvalue weighted by atomic mass is 32.2. The van der Waals surface area contributed by atoms with Gasteiger partial charge in [0.05, 0.1) is 12.0 Å². The van der Waals surface area contributed by atoms with E-state index >= 15 is 0 Å². The van der Waals surface area contributed by atoms with Crippen molar-refractivity contribution in [2.24, 2.45) is 0 Å². The van der Waals surface area contributed by atoms with Crippen LogP contribution < -0.4 is 9.47 Å². The molecule has 0 radical (unpaired) electrons. The van der Waals surface area contributed by atoms with Crippen molar-refractivity contribution in [2.75, 3.05) is 27.4 Å². The average molecular weight is 430 g/mol. The Labute approximate surface area is 180 Å². The Balaban J connectivity index is 1.71. The predicted molar refractivity (Wildman–Crippen MR) is 120 cm³/mol. The largest absolute Gasteiger partial charge is 0.493 e. The molecular weight excluding hydrogens is 406 g/mol. The Bertz CT molecular complexity index is 899. The quantitative estimate of drug-likeness (QED) is 0.332. The molecule has 7 heteroatoms. The number of rotatable bonds is 9. The van der Waals surface area contributed by atoms with E-state index in [1.54, 1.807) is 19.1 Å². The second-order valence-electron chi connectivity index (χ2n) is 6.36. The van der Waals surface area contributed by atoms with Crippen LogP contribution in [-0.4, -0.2) is 42.5 Å². The van der Waals surface area contributed by atoms with Crippen LogP contribution >= 0.6 is 24.0 Å². The molecule has 0 atom stereocenters. The fourth-order valence-corrected chi connectivity index (χ4v) is 4.15. The lowest BCUT2D eigenvalue weighted by molar-refractivity contribution is -0.122. The van der Waals surface area contributed by atoms with E-state index in [0.29, 0.717) is 40.5 Å². The Hall–Kier alpha value is -2.35. The van der Waals surface area contributed by atoms with Crippen LogP contribution in [0.2, 0.25) is 0 Å². The van der Waals surface area contributed by atoms with Crippen molar-refractivity contribution in [1.82, 2.24) is 4.90 Å². The molecule has 0 aromatic heterocycles. The predicted octanol–water partition coefficient (Wildman–Crippen LogP) is 4.51. The molecule has 1 amide bonds. The Kier molecular flexibility index (Phi) is 7.69. The van der Waals surface area contributed by atoms with E-state index in [0.717, 1.165) is 17.5 Å². The van der Waals surface area contributed by atoms with Crippen LogP contribution in [0.4, 0.5) is 0 Å². The van der Waals surface area contributed by atoms with Crippen LogP contribution in [-0.2, 0) is 16.1 Å². The number of hydrogen-bond acceptors (Lipinski definition) is 6. The van der Waals surface area contributed by atoms with Gasteiger partial charge in [-0.15, -0.1) is 0 Å². The van der Waals surface area contributed by atoms with Gasteiger partial charge in [0.25, 0.3) is 5.91 Å². The van der Waals surface area contributed by atoms with Gasteiger partial charge >= 0.3 is 0 Å². The molecule has 0 saturated carbocycles.